The average molecular weight is 345 g/mol. The van der Waals surface area contributed by atoms with Gasteiger partial charge in [0.2, 0.25) is 5.91 Å². The molecule has 2 fully saturated rings. The Morgan fingerprint density at radius 2 is 2.08 bits per heavy atom. The number of amides is 1. The summed E-state index contributed by atoms with van der Waals surface area (Å²) >= 11 is 0. The second kappa shape index (κ2) is 7.06. The van der Waals surface area contributed by atoms with Gasteiger partial charge in [-0.25, -0.2) is 0 Å². The van der Waals surface area contributed by atoms with E-state index in [1.807, 2.05) is 26.8 Å². The van der Waals surface area contributed by atoms with Gasteiger partial charge >= 0.3 is 0 Å². The molecule has 0 spiro atoms. The van der Waals surface area contributed by atoms with Crippen molar-refractivity contribution in [2.24, 2.45) is 11.1 Å². The van der Waals surface area contributed by atoms with Gasteiger partial charge in [-0.2, -0.15) is 0 Å². The third-order valence-electron chi connectivity index (χ3n) is 6.09. The molecule has 1 aromatic rings. The number of likely N-dealkylation sites (tertiary alicyclic amines) is 1. The number of nitrogens with two attached hydrogens (primary N) is 1. The van der Waals surface area contributed by atoms with E-state index in [1.54, 1.807) is 0 Å². The molecule has 1 heterocycles. The SMILES string of the molecule is CCOC1CC(N)(C(=O)NC2CCN(Cc3ccccc3)C2)C1(C)C. The molecule has 3 atom stereocenters. The van der Waals surface area contributed by atoms with Crippen molar-refractivity contribution >= 4 is 5.91 Å². The lowest BCUT2D eigenvalue weighted by Gasteiger charge is -2.57. The van der Waals surface area contributed by atoms with Crippen LogP contribution in [0.25, 0.3) is 0 Å². The zero-order chi connectivity index (χ0) is 18.1. The molecule has 1 saturated carbocycles. The van der Waals surface area contributed by atoms with Gasteiger partial charge in [-0.15, -0.1) is 0 Å². The summed E-state index contributed by atoms with van der Waals surface area (Å²) in [6, 6.07) is 10.6. The van der Waals surface area contributed by atoms with Crippen molar-refractivity contribution < 1.29 is 9.53 Å². The summed E-state index contributed by atoms with van der Waals surface area (Å²) in [4.78, 5) is 15.2. The van der Waals surface area contributed by atoms with E-state index in [-0.39, 0.29) is 23.5 Å². The molecule has 0 radical (unpaired) electrons. The Morgan fingerprint density at radius 3 is 2.72 bits per heavy atom. The van der Waals surface area contributed by atoms with Gasteiger partial charge in [0.1, 0.15) is 5.54 Å². The van der Waals surface area contributed by atoms with Crippen LogP contribution in [0.4, 0.5) is 0 Å². The maximum atomic E-state index is 12.8. The minimum atomic E-state index is -0.834. The van der Waals surface area contributed by atoms with Gasteiger partial charge in [0, 0.05) is 44.1 Å². The minimum absolute atomic E-state index is 0.0278. The molecule has 138 valence electrons. The lowest BCUT2D eigenvalue weighted by Crippen LogP contribution is -2.76. The van der Waals surface area contributed by atoms with Crippen LogP contribution in [0.5, 0.6) is 0 Å². The Bertz CT molecular complexity index is 604. The molecule has 0 aromatic heterocycles. The Kier molecular flexibility index (Phi) is 5.19. The second-order valence-electron chi connectivity index (χ2n) is 8.02. The van der Waals surface area contributed by atoms with Gasteiger partial charge in [0.05, 0.1) is 6.10 Å². The molecule has 1 aromatic carbocycles. The van der Waals surface area contributed by atoms with Crippen molar-refractivity contribution in [3.8, 4) is 0 Å². The summed E-state index contributed by atoms with van der Waals surface area (Å²) < 4.78 is 5.72. The number of rotatable bonds is 6. The summed E-state index contributed by atoms with van der Waals surface area (Å²) in [5.74, 6) is -0.0278. The highest BCUT2D eigenvalue weighted by Gasteiger charge is 2.63. The highest BCUT2D eigenvalue weighted by Crippen LogP contribution is 2.49. The van der Waals surface area contributed by atoms with Crippen LogP contribution in [0.15, 0.2) is 30.3 Å². The van der Waals surface area contributed by atoms with Crippen molar-refractivity contribution in [1.82, 2.24) is 10.2 Å². The van der Waals surface area contributed by atoms with E-state index < -0.39 is 5.54 Å². The third kappa shape index (κ3) is 3.46. The molecular weight excluding hydrogens is 314 g/mol. The smallest absolute Gasteiger partial charge is 0.241 e. The maximum absolute atomic E-state index is 12.8. The first-order valence-electron chi connectivity index (χ1n) is 9.34. The Labute approximate surface area is 150 Å². The molecule has 5 heteroatoms. The van der Waals surface area contributed by atoms with Gasteiger partial charge in [0.15, 0.2) is 0 Å². The van der Waals surface area contributed by atoms with Crippen molar-refractivity contribution in [2.75, 3.05) is 19.7 Å². The summed E-state index contributed by atoms with van der Waals surface area (Å²) in [6.45, 7) is 9.52. The van der Waals surface area contributed by atoms with Crippen molar-refractivity contribution in [3.63, 3.8) is 0 Å². The molecule has 1 saturated heterocycles. The number of nitrogens with zero attached hydrogens (tertiary/aromatic N) is 1. The monoisotopic (exact) mass is 345 g/mol. The maximum Gasteiger partial charge on any atom is 0.241 e. The molecule has 1 aliphatic carbocycles. The highest BCUT2D eigenvalue weighted by molar-refractivity contribution is 5.89. The van der Waals surface area contributed by atoms with Gasteiger partial charge in [0.25, 0.3) is 0 Å². The number of benzene rings is 1. The van der Waals surface area contributed by atoms with E-state index in [4.69, 9.17) is 10.5 Å². The van der Waals surface area contributed by atoms with Gasteiger partial charge < -0.3 is 15.8 Å². The van der Waals surface area contributed by atoms with Crippen molar-refractivity contribution in [1.29, 1.82) is 0 Å². The molecule has 3 N–H and O–H groups in total. The quantitative estimate of drug-likeness (QED) is 0.826. The van der Waals surface area contributed by atoms with E-state index in [1.165, 1.54) is 5.56 Å². The van der Waals surface area contributed by atoms with E-state index in [0.717, 1.165) is 26.1 Å². The predicted molar refractivity (Wildman–Crippen MR) is 99.0 cm³/mol. The third-order valence-corrected chi connectivity index (χ3v) is 6.09. The van der Waals surface area contributed by atoms with Crippen LogP contribution in [-0.4, -0.2) is 48.2 Å². The van der Waals surface area contributed by atoms with Crippen LogP contribution in [-0.2, 0) is 16.1 Å². The first kappa shape index (κ1) is 18.4. The topological polar surface area (TPSA) is 67.6 Å². The van der Waals surface area contributed by atoms with Crippen LogP contribution in [0, 0.1) is 5.41 Å². The zero-order valence-corrected chi connectivity index (χ0v) is 15.6. The normalized spacial score (nSPS) is 31.5. The lowest BCUT2D eigenvalue weighted by molar-refractivity contribution is -0.171. The Morgan fingerprint density at radius 1 is 1.36 bits per heavy atom. The average Bonchev–Trinajstić information content (AvgIpc) is 3.02. The molecule has 3 unspecified atom stereocenters. The molecule has 25 heavy (non-hydrogen) atoms. The number of hydrogen-bond acceptors (Lipinski definition) is 4. The number of ether oxygens (including phenoxy) is 1. The highest BCUT2D eigenvalue weighted by atomic mass is 16.5. The summed E-state index contributed by atoms with van der Waals surface area (Å²) in [6.07, 6.45) is 1.63. The van der Waals surface area contributed by atoms with E-state index in [2.05, 4.69) is 34.5 Å². The summed E-state index contributed by atoms with van der Waals surface area (Å²) in [5, 5.41) is 3.19. The van der Waals surface area contributed by atoms with E-state index in [0.29, 0.717) is 13.0 Å². The molecule has 3 rings (SSSR count). The van der Waals surface area contributed by atoms with Crippen molar-refractivity contribution in [3.05, 3.63) is 35.9 Å². The van der Waals surface area contributed by atoms with Crippen LogP contribution in [0.3, 0.4) is 0 Å². The van der Waals surface area contributed by atoms with Gasteiger partial charge in [-0.05, 0) is 18.9 Å². The fraction of sp³-hybridized carbons (Fsp3) is 0.650. The van der Waals surface area contributed by atoms with Gasteiger partial charge in [-0.3, -0.25) is 9.69 Å². The molecule has 2 aliphatic rings. The fourth-order valence-corrected chi connectivity index (χ4v) is 4.07. The molecule has 1 amide bonds. The van der Waals surface area contributed by atoms with E-state index >= 15 is 0 Å². The zero-order valence-electron chi connectivity index (χ0n) is 15.6. The Hall–Kier alpha value is -1.43. The number of hydrogen-bond donors (Lipinski definition) is 2. The fourth-order valence-electron chi connectivity index (χ4n) is 4.07. The van der Waals surface area contributed by atoms with Gasteiger partial charge in [-0.1, -0.05) is 44.2 Å². The second-order valence-corrected chi connectivity index (χ2v) is 8.02. The molecular formula is C20H31N3O2. The van der Waals surface area contributed by atoms with Crippen LogP contribution in [0.1, 0.15) is 39.2 Å². The van der Waals surface area contributed by atoms with Crippen LogP contribution in [0.2, 0.25) is 0 Å². The summed E-state index contributed by atoms with van der Waals surface area (Å²) in [7, 11) is 0. The summed E-state index contributed by atoms with van der Waals surface area (Å²) in [5.41, 5.74) is 6.61. The van der Waals surface area contributed by atoms with E-state index in [9.17, 15) is 4.79 Å². The lowest BCUT2D eigenvalue weighted by atomic mass is 9.54. The van der Waals surface area contributed by atoms with Crippen LogP contribution >= 0.6 is 0 Å². The molecule has 5 nitrogen and oxygen atoms in total. The predicted octanol–water partition coefficient (Wildman–Crippen LogP) is 1.91. The minimum Gasteiger partial charge on any atom is -0.378 e. The largest absolute Gasteiger partial charge is 0.378 e. The number of carbonyl (C=O) groups is 1. The molecule has 1 aliphatic heterocycles. The number of nitrogens with one attached hydrogen (secondary N) is 1. The first-order valence-corrected chi connectivity index (χ1v) is 9.34. The first-order chi connectivity index (χ1) is 11.9. The Balaban J connectivity index is 1.52. The molecule has 0 bridgehead atoms. The van der Waals surface area contributed by atoms with Crippen molar-refractivity contribution in [2.45, 2.75) is 57.8 Å². The van der Waals surface area contributed by atoms with Crippen LogP contribution < -0.4 is 11.1 Å². The standard InChI is InChI=1S/C20H31N3O2/c1-4-25-17-12-20(21,19(17,2)3)18(24)22-16-10-11-23(14-16)13-15-8-6-5-7-9-15/h5-9,16-17H,4,10-14,21H2,1-3H3,(H,22,24). The number of carbonyl (C=O) groups excluding carboxylic acids is 1.